The summed E-state index contributed by atoms with van der Waals surface area (Å²) in [6.45, 7) is 3.92. The number of hydrogen-bond acceptors (Lipinski definition) is 4. The van der Waals surface area contributed by atoms with E-state index in [4.69, 9.17) is 16.3 Å². The third kappa shape index (κ3) is 4.59. The molecule has 1 aliphatic rings. The Bertz CT molecular complexity index is 1240. The maximum Gasteiger partial charge on any atom is 0.264 e. The van der Waals surface area contributed by atoms with Crippen LogP contribution in [0.25, 0.3) is 0 Å². The van der Waals surface area contributed by atoms with Gasteiger partial charge < -0.3 is 10.1 Å². The molecule has 0 saturated heterocycles. The summed E-state index contributed by atoms with van der Waals surface area (Å²) in [7, 11) is -3.89. The molecule has 0 aliphatic carbocycles. The largest absolute Gasteiger partial charge is 0.476 e. The van der Waals surface area contributed by atoms with E-state index < -0.39 is 22.0 Å². The zero-order valence-electron chi connectivity index (χ0n) is 17.7. The van der Waals surface area contributed by atoms with Gasteiger partial charge in [-0.3, -0.25) is 9.10 Å². The van der Waals surface area contributed by atoms with Crippen molar-refractivity contribution in [2.24, 2.45) is 0 Å². The summed E-state index contributed by atoms with van der Waals surface area (Å²) < 4.78 is 34.1. The first-order valence-corrected chi connectivity index (χ1v) is 11.9. The van der Waals surface area contributed by atoms with Gasteiger partial charge in [-0.25, -0.2) is 8.42 Å². The number of halogens is 1. The fourth-order valence-electron chi connectivity index (χ4n) is 3.47. The minimum absolute atomic E-state index is 0.126. The lowest BCUT2D eigenvalue weighted by Crippen LogP contribution is -2.50. The number of benzene rings is 3. The van der Waals surface area contributed by atoms with Gasteiger partial charge in [0.05, 0.1) is 17.1 Å². The van der Waals surface area contributed by atoms with Gasteiger partial charge in [0.25, 0.3) is 15.9 Å². The number of anilines is 1. The Morgan fingerprint density at radius 3 is 2.38 bits per heavy atom. The molecule has 0 radical (unpaired) electrons. The standard InChI is InChI=1S/C24H23ClN2O4S/c1-16-3-10-20(11-4-16)32(29,30)27-15-23(31-22-12-5-17(2)13-21(22)27)24(28)26-14-18-6-8-19(25)9-7-18/h3-13,23H,14-15H2,1-2H3,(H,26,28). The van der Waals surface area contributed by atoms with E-state index in [1.165, 1.54) is 4.31 Å². The predicted molar refractivity (Wildman–Crippen MR) is 125 cm³/mol. The molecule has 1 heterocycles. The van der Waals surface area contributed by atoms with Gasteiger partial charge in [0.1, 0.15) is 5.75 Å². The molecule has 0 spiro atoms. The van der Waals surface area contributed by atoms with E-state index in [1.54, 1.807) is 48.5 Å². The molecule has 3 aromatic carbocycles. The van der Waals surface area contributed by atoms with Gasteiger partial charge in [-0.05, 0) is 61.4 Å². The van der Waals surface area contributed by atoms with Crippen LogP contribution < -0.4 is 14.4 Å². The fourth-order valence-corrected chi connectivity index (χ4v) is 5.06. The normalized spacial score (nSPS) is 15.6. The Labute approximate surface area is 192 Å². The van der Waals surface area contributed by atoms with Crippen molar-refractivity contribution in [3.8, 4) is 5.75 Å². The summed E-state index contributed by atoms with van der Waals surface area (Å²) in [4.78, 5) is 13.0. The van der Waals surface area contributed by atoms with Crippen LogP contribution >= 0.6 is 11.6 Å². The summed E-state index contributed by atoms with van der Waals surface area (Å²) >= 11 is 5.90. The Hall–Kier alpha value is -3.03. The van der Waals surface area contributed by atoms with Crippen molar-refractivity contribution >= 4 is 33.2 Å². The second-order valence-corrected chi connectivity index (χ2v) is 10.1. The third-order valence-corrected chi connectivity index (χ3v) is 7.31. The minimum Gasteiger partial charge on any atom is -0.476 e. The predicted octanol–water partition coefficient (Wildman–Crippen LogP) is 4.23. The number of carbonyl (C=O) groups is 1. The number of nitrogens with one attached hydrogen (secondary N) is 1. The third-order valence-electron chi connectivity index (χ3n) is 5.27. The molecule has 0 bridgehead atoms. The lowest BCUT2D eigenvalue weighted by atomic mass is 10.1. The second-order valence-electron chi connectivity index (χ2n) is 7.77. The monoisotopic (exact) mass is 470 g/mol. The molecule has 1 atom stereocenters. The molecule has 4 rings (SSSR count). The van der Waals surface area contributed by atoms with Crippen LogP contribution in [0.1, 0.15) is 16.7 Å². The molecule has 0 fully saturated rings. The summed E-state index contributed by atoms with van der Waals surface area (Å²) in [6.07, 6.45) is -0.988. The van der Waals surface area contributed by atoms with E-state index in [1.807, 2.05) is 32.0 Å². The highest BCUT2D eigenvalue weighted by Gasteiger charge is 2.37. The number of aryl methyl sites for hydroxylation is 2. The van der Waals surface area contributed by atoms with Crippen LogP contribution in [-0.4, -0.2) is 27.0 Å². The van der Waals surface area contributed by atoms with E-state index in [-0.39, 0.29) is 18.0 Å². The van der Waals surface area contributed by atoms with Crippen molar-refractivity contribution in [2.75, 3.05) is 10.8 Å². The zero-order chi connectivity index (χ0) is 22.9. The maximum atomic E-state index is 13.5. The van der Waals surface area contributed by atoms with Crippen LogP contribution in [0.4, 0.5) is 5.69 Å². The van der Waals surface area contributed by atoms with Crippen LogP contribution in [0.15, 0.2) is 71.6 Å². The Balaban J connectivity index is 1.61. The molecule has 0 saturated carbocycles. The zero-order valence-corrected chi connectivity index (χ0v) is 19.3. The van der Waals surface area contributed by atoms with Gasteiger partial charge in [0.2, 0.25) is 0 Å². The fraction of sp³-hybridized carbons (Fsp3) is 0.208. The van der Waals surface area contributed by atoms with Gasteiger partial charge in [0, 0.05) is 11.6 Å². The number of ether oxygens (including phenoxy) is 1. The molecular weight excluding hydrogens is 448 g/mol. The van der Waals surface area contributed by atoms with Gasteiger partial charge >= 0.3 is 0 Å². The Kier molecular flexibility index (Phi) is 6.13. The highest BCUT2D eigenvalue weighted by atomic mass is 35.5. The summed E-state index contributed by atoms with van der Waals surface area (Å²) in [6, 6.07) is 19.0. The highest BCUT2D eigenvalue weighted by Crippen LogP contribution is 2.37. The summed E-state index contributed by atoms with van der Waals surface area (Å²) in [5, 5.41) is 3.43. The topological polar surface area (TPSA) is 75.7 Å². The molecule has 3 aromatic rings. The van der Waals surface area contributed by atoms with Crippen molar-refractivity contribution in [3.05, 3.63) is 88.4 Å². The van der Waals surface area contributed by atoms with Gasteiger partial charge in [-0.1, -0.05) is 47.5 Å². The Morgan fingerprint density at radius 2 is 1.69 bits per heavy atom. The first-order chi connectivity index (χ1) is 15.2. The van der Waals surface area contributed by atoms with Crippen molar-refractivity contribution in [1.82, 2.24) is 5.32 Å². The average Bonchev–Trinajstić information content (AvgIpc) is 2.78. The number of carbonyl (C=O) groups excluding carboxylic acids is 1. The lowest BCUT2D eigenvalue weighted by Gasteiger charge is -2.35. The van der Waals surface area contributed by atoms with E-state index >= 15 is 0 Å². The lowest BCUT2D eigenvalue weighted by molar-refractivity contribution is -0.127. The van der Waals surface area contributed by atoms with E-state index in [0.717, 1.165) is 16.7 Å². The molecule has 1 unspecified atom stereocenters. The van der Waals surface area contributed by atoms with Crippen molar-refractivity contribution in [2.45, 2.75) is 31.4 Å². The molecule has 6 nitrogen and oxygen atoms in total. The molecule has 8 heteroatoms. The van der Waals surface area contributed by atoms with Gasteiger partial charge in [0.15, 0.2) is 6.10 Å². The first kappa shape index (κ1) is 22.2. The van der Waals surface area contributed by atoms with Gasteiger partial charge in [-0.15, -0.1) is 0 Å². The second kappa shape index (κ2) is 8.84. The number of sulfonamides is 1. The molecule has 0 aromatic heterocycles. The molecule has 32 heavy (non-hydrogen) atoms. The number of hydrogen-bond donors (Lipinski definition) is 1. The summed E-state index contributed by atoms with van der Waals surface area (Å²) in [5.74, 6) is -0.0422. The average molecular weight is 471 g/mol. The van der Waals surface area contributed by atoms with E-state index in [9.17, 15) is 13.2 Å². The van der Waals surface area contributed by atoms with Crippen LogP contribution in [0.3, 0.4) is 0 Å². The molecule has 1 amide bonds. The van der Waals surface area contributed by atoms with Gasteiger partial charge in [-0.2, -0.15) is 0 Å². The van der Waals surface area contributed by atoms with E-state index in [2.05, 4.69) is 5.32 Å². The smallest absolute Gasteiger partial charge is 0.264 e. The van der Waals surface area contributed by atoms with Crippen molar-refractivity contribution in [3.63, 3.8) is 0 Å². The molecule has 1 aliphatic heterocycles. The van der Waals surface area contributed by atoms with Crippen LogP contribution in [0.2, 0.25) is 5.02 Å². The van der Waals surface area contributed by atoms with Crippen LogP contribution in [-0.2, 0) is 21.4 Å². The quantitative estimate of drug-likeness (QED) is 0.605. The van der Waals surface area contributed by atoms with Crippen molar-refractivity contribution in [1.29, 1.82) is 0 Å². The molecule has 166 valence electrons. The maximum absolute atomic E-state index is 13.5. The molecular formula is C24H23ClN2O4S. The SMILES string of the molecule is Cc1ccc(S(=O)(=O)N2CC(C(=O)NCc3ccc(Cl)cc3)Oc3ccc(C)cc32)cc1. The van der Waals surface area contributed by atoms with Crippen LogP contribution in [0, 0.1) is 13.8 Å². The minimum atomic E-state index is -3.89. The van der Waals surface area contributed by atoms with Crippen LogP contribution in [0.5, 0.6) is 5.75 Å². The number of nitrogens with zero attached hydrogens (tertiary/aromatic N) is 1. The number of rotatable bonds is 5. The number of fused-ring (bicyclic) bond motifs is 1. The highest BCUT2D eigenvalue weighted by molar-refractivity contribution is 7.92. The van der Waals surface area contributed by atoms with Crippen molar-refractivity contribution < 1.29 is 17.9 Å². The number of amides is 1. The molecule has 1 N–H and O–H groups in total. The first-order valence-electron chi connectivity index (χ1n) is 10.1. The Morgan fingerprint density at radius 1 is 1.03 bits per heavy atom. The summed E-state index contributed by atoms with van der Waals surface area (Å²) in [5.41, 5.74) is 3.15. The van der Waals surface area contributed by atoms with E-state index in [0.29, 0.717) is 16.5 Å².